The molecule has 2 atom stereocenters. The van der Waals surface area contributed by atoms with Gasteiger partial charge in [-0.25, -0.2) is 9.97 Å². The molecule has 18 heavy (non-hydrogen) atoms. The van der Waals surface area contributed by atoms with Gasteiger partial charge < -0.3 is 15.0 Å². The van der Waals surface area contributed by atoms with E-state index in [0.29, 0.717) is 18.0 Å². The average Bonchev–Trinajstić information content (AvgIpc) is 2.70. The Balaban J connectivity index is 1.86. The number of anilines is 1. The molecule has 0 amide bonds. The average molecular weight is 248 g/mol. The molecule has 2 fully saturated rings. The van der Waals surface area contributed by atoms with Gasteiger partial charge in [0.1, 0.15) is 12.1 Å². The maximum Gasteiger partial charge on any atom is 0.221 e. The normalized spacial score (nSPS) is 27.1. The third kappa shape index (κ3) is 2.03. The predicted octanol–water partition coefficient (Wildman–Crippen LogP) is 1.12. The van der Waals surface area contributed by atoms with E-state index in [9.17, 15) is 0 Å². The number of aromatic nitrogens is 2. The van der Waals surface area contributed by atoms with Crippen LogP contribution in [0.2, 0.25) is 0 Å². The first-order chi connectivity index (χ1) is 8.78. The molecule has 2 aliphatic heterocycles. The fourth-order valence-corrected chi connectivity index (χ4v) is 3.09. The van der Waals surface area contributed by atoms with Crippen molar-refractivity contribution in [1.82, 2.24) is 15.3 Å². The van der Waals surface area contributed by atoms with Crippen LogP contribution in [-0.2, 0) is 0 Å². The second kappa shape index (κ2) is 4.72. The lowest BCUT2D eigenvalue weighted by molar-refractivity contribution is 0.393. The topological polar surface area (TPSA) is 50.3 Å². The lowest BCUT2D eigenvalue weighted by atomic mass is 10.1. The monoisotopic (exact) mass is 248 g/mol. The van der Waals surface area contributed by atoms with Gasteiger partial charge >= 0.3 is 0 Å². The standard InChI is InChI=1S/C13H20N4O/c1-9-12(14-8-15-13(9)18-2)17-6-5-10-3-4-11(7-17)16-10/h8,10-11,16H,3-7H2,1-2H3. The molecule has 5 heteroatoms. The number of nitrogens with zero attached hydrogens (tertiary/aromatic N) is 3. The largest absolute Gasteiger partial charge is 0.481 e. The van der Waals surface area contributed by atoms with Crippen LogP contribution in [0, 0.1) is 6.92 Å². The molecule has 3 rings (SSSR count). The van der Waals surface area contributed by atoms with Crippen molar-refractivity contribution in [1.29, 1.82) is 0 Å². The summed E-state index contributed by atoms with van der Waals surface area (Å²) in [5.41, 5.74) is 1.04. The lowest BCUT2D eigenvalue weighted by Gasteiger charge is -2.26. The van der Waals surface area contributed by atoms with Gasteiger partial charge in [0.25, 0.3) is 0 Å². The van der Waals surface area contributed by atoms with Crippen LogP contribution in [0.25, 0.3) is 0 Å². The molecule has 2 saturated heterocycles. The zero-order chi connectivity index (χ0) is 12.5. The molecule has 0 spiro atoms. The smallest absolute Gasteiger partial charge is 0.221 e. The van der Waals surface area contributed by atoms with E-state index in [2.05, 4.69) is 20.2 Å². The quantitative estimate of drug-likeness (QED) is 0.850. The molecule has 1 aromatic rings. The fraction of sp³-hybridized carbons (Fsp3) is 0.692. The van der Waals surface area contributed by atoms with Gasteiger partial charge in [0.05, 0.1) is 12.7 Å². The first kappa shape index (κ1) is 11.7. The minimum atomic E-state index is 0.609. The SMILES string of the molecule is COc1ncnc(N2CCC3CCC(C2)N3)c1C. The van der Waals surface area contributed by atoms with Gasteiger partial charge in [0, 0.05) is 25.2 Å². The molecule has 98 valence electrons. The summed E-state index contributed by atoms with van der Waals surface area (Å²) in [6, 6.07) is 1.31. The Kier molecular flexibility index (Phi) is 3.07. The molecular formula is C13H20N4O. The van der Waals surface area contributed by atoms with Crippen LogP contribution in [0.1, 0.15) is 24.8 Å². The van der Waals surface area contributed by atoms with Crippen LogP contribution < -0.4 is 15.0 Å². The van der Waals surface area contributed by atoms with E-state index in [1.807, 2.05) is 6.92 Å². The van der Waals surface area contributed by atoms with E-state index in [1.54, 1.807) is 13.4 Å². The molecule has 0 aromatic carbocycles. The molecule has 0 radical (unpaired) electrons. The van der Waals surface area contributed by atoms with E-state index in [4.69, 9.17) is 4.74 Å². The van der Waals surface area contributed by atoms with Crippen molar-refractivity contribution in [3.05, 3.63) is 11.9 Å². The molecule has 2 aliphatic rings. The van der Waals surface area contributed by atoms with E-state index in [0.717, 1.165) is 24.5 Å². The van der Waals surface area contributed by atoms with Gasteiger partial charge in [-0.2, -0.15) is 0 Å². The Bertz CT molecular complexity index is 437. The third-order valence-corrected chi connectivity index (χ3v) is 4.03. The summed E-state index contributed by atoms with van der Waals surface area (Å²) < 4.78 is 5.28. The summed E-state index contributed by atoms with van der Waals surface area (Å²) in [6.07, 6.45) is 5.40. The fourth-order valence-electron chi connectivity index (χ4n) is 3.09. The van der Waals surface area contributed by atoms with Crippen LogP contribution in [0.4, 0.5) is 5.82 Å². The molecule has 0 saturated carbocycles. The number of ether oxygens (including phenoxy) is 1. The molecule has 3 heterocycles. The summed E-state index contributed by atoms with van der Waals surface area (Å²) in [4.78, 5) is 11.0. The van der Waals surface area contributed by atoms with Crippen molar-refractivity contribution < 1.29 is 4.74 Å². The van der Waals surface area contributed by atoms with Gasteiger partial charge in [0.2, 0.25) is 5.88 Å². The highest BCUT2D eigenvalue weighted by Crippen LogP contribution is 2.28. The Morgan fingerprint density at radius 1 is 1.28 bits per heavy atom. The van der Waals surface area contributed by atoms with Crippen molar-refractivity contribution in [2.75, 3.05) is 25.1 Å². The predicted molar refractivity (Wildman–Crippen MR) is 70.1 cm³/mol. The van der Waals surface area contributed by atoms with E-state index >= 15 is 0 Å². The Labute approximate surface area is 108 Å². The number of nitrogens with one attached hydrogen (secondary N) is 1. The van der Waals surface area contributed by atoms with Crippen molar-refractivity contribution in [3.8, 4) is 5.88 Å². The molecule has 5 nitrogen and oxygen atoms in total. The number of hydrogen-bond acceptors (Lipinski definition) is 5. The summed E-state index contributed by atoms with van der Waals surface area (Å²) in [5.74, 6) is 1.71. The van der Waals surface area contributed by atoms with Gasteiger partial charge in [-0.1, -0.05) is 0 Å². The van der Waals surface area contributed by atoms with E-state index in [-0.39, 0.29) is 0 Å². The maximum atomic E-state index is 5.28. The highest BCUT2D eigenvalue weighted by Gasteiger charge is 2.30. The number of fused-ring (bicyclic) bond motifs is 2. The van der Waals surface area contributed by atoms with Crippen molar-refractivity contribution in [2.24, 2.45) is 0 Å². The Hall–Kier alpha value is -1.36. The number of methoxy groups -OCH3 is 1. The van der Waals surface area contributed by atoms with Crippen LogP contribution in [0.5, 0.6) is 5.88 Å². The summed E-state index contributed by atoms with van der Waals surface area (Å²) in [5, 5.41) is 3.68. The first-order valence-electron chi connectivity index (χ1n) is 6.64. The Morgan fingerprint density at radius 3 is 2.94 bits per heavy atom. The Morgan fingerprint density at radius 2 is 2.11 bits per heavy atom. The zero-order valence-electron chi connectivity index (χ0n) is 11.0. The minimum absolute atomic E-state index is 0.609. The summed E-state index contributed by atoms with van der Waals surface area (Å²) >= 11 is 0. The van der Waals surface area contributed by atoms with Crippen LogP contribution in [0.15, 0.2) is 6.33 Å². The van der Waals surface area contributed by atoms with Crippen LogP contribution in [-0.4, -0.2) is 42.3 Å². The molecule has 1 aromatic heterocycles. The summed E-state index contributed by atoms with van der Waals surface area (Å²) in [7, 11) is 1.66. The highest BCUT2D eigenvalue weighted by atomic mass is 16.5. The first-order valence-corrected chi connectivity index (χ1v) is 6.64. The van der Waals surface area contributed by atoms with Gasteiger partial charge in [-0.15, -0.1) is 0 Å². The van der Waals surface area contributed by atoms with E-state index in [1.165, 1.54) is 19.3 Å². The van der Waals surface area contributed by atoms with Crippen molar-refractivity contribution in [3.63, 3.8) is 0 Å². The molecule has 2 bridgehead atoms. The van der Waals surface area contributed by atoms with Crippen LogP contribution in [0.3, 0.4) is 0 Å². The second-order valence-corrected chi connectivity index (χ2v) is 5.20. The maximum absolute atomic E-state index is 5.28. The van der Waals surface area contributed by atoms with E-state index < -0.39 is 0 Å². The highest BCUT2D eigenvalue weighted by molar-refractivity contribution is 5.50. The molecule has 1 N–H and O–H groups in total. The summed E-state index contributed by atoms with van der Waals surface area (Å²) in [6.45, 7) is 4.14. The van der Waals surface area contributed by atoms with Gasteiger partial charge in [-0.3, -0.25) is 0 Å². The number of hydrogen-bond donors (Lipinski definition) is 1. The third-order valence-electron chi connectivity index (χ3n) is 4.03. The molecule has 0 aliphatic carbocycles. The van der Waals surface area contributed by atoms with Crippen molar-refractivity contribution in [2.45, 2.75) is 38.3 Å². The lowest BCUT2D eigenvalue weighted by Crippen LogP contribution is -2.36. The minimum Gasteiger partial charge on any atom is -0.481 e. The second-order valence-electron chi connectivity index (χ2n) is 5.20. The zero-order valence-corrected chi connectivity index (χ0v) is 11.0. The molecule has 2 unspecified atom stereocenters. The number of rotatable bonds is 2. The van der Waals surface area contributed by atoms with Gasteiger partial charge in [0.15, 0.2) is 0 Å². The molecular weight excluding hydrogens is 228 g/mol. The van der Waals surface area contributed by atoms with Gasteiger partial charge in [-0.05, 0) is 26.2 Å². The van der Waals surface area contributed by atoms with Crippen molar-refractivity contribution >= 4 is 5.82 Å². The van der Waals surface area contributed by atoms with Crippen LogP contribution >= 0.6 is 0 Å².